The Kier molecular flexibility index (Phi) is 8.73. The maximum absolute atomic E-state index is 12.6. The first kappa shape index (κ1) is 36.4. The molecule has 8 rings (SSSR count). The summed E-state index contributed by atoms with van der Waals surface area (Å²) in [5.74, 6) is 1.10. The molecule has 51 heavy (non-hydrogen) atoms. The van der Waals surface area contributed by atoms with Crippen LogP contribution in [0, 0.1) is 50.7 Å². The SMILES string of the molecule is CC(=O)O[C@@H](C1C[C@@H](C)[C@H]2C(O1)[C@H](O)[C@@]1(C)C3CC[C@H]4C(C)(C)C(O[C@H]5CN(Cc6ccccc6)CCO5)CC[C@@]45C[C@@]35CC[C@]21C)C(C)(C)O. The third-order valence-corrected chi connectivity index (χ3v) is 16.8. The number of hydrogen-bond acceptors (Lipinski definition) is 8. The largest absolute Gasteiger partial charge is 0.457 e. The topological polar surface area (TPSA) is 97.7 Å². The lowest BCUT2D eigenvalue weighted by Crippen LogP contribution is -2.60. The van der Waals surface area contributed by atoms with Crippen molar-refractivity contribution in [1.29, 1.82) is 0 Å². The van der Waals surface area contributed by atoms with Crippen LogP contribution in [0.15, 0.2) is 30.3 Å². The quantitative estimate of drug-likeness (QED) is 0.301. The normalized spacial score (nSPS) is 47.9. The standard InChI is InChI=1S/C43H65NO7/c1-26-22-29(37(39(5,6)47)49-27(2)45)50-35-34(26)40(7)18-19-43-25-42(43)17-16-32(38(3,4)30(42)14-15-31(43)41(40,8)36(35)46)51-33-24-44(20-21-48-33)23-28-12-10-9-11-13-28/h9-13,26,29-37,46-47H,14-25H2,1-8H3/t26-,29?,30+,31?,32?,33+,34+,35?,36+,37+,40-,41-,42-,43+/m1/s1. The van der Waals surface area contributed by atoms with E-state index in [1.54, 1.807) is 13.8 Å². The van der Waals surface area contributed by atoms with Crippen LogP contribution in [-0.4, -0.2) is 83.2 Å². The van der Waals surface area contributed by atoms with Gasteiger partial charge >= 0.3 is 5.97 Å². The van der Waals surface area contributed by atoms with E-state index in [0.717, 1.165) is 38.9 Å². The Morgan fingerprint density at radius 1 is 1.04 bits per heavy atom. The minimum atomic E-state index is -1.25. The minimum Gasteiger partial charge on any atom is -0.457 e. The second kappa shape index (κ2) is 12.2. The van der Waals surface area contributed by atoms with Crippen LogP contribution in [0.2, 0.25) is 0 Å². The van der Waals surface area contributed by atoms with Gasteiger partial charge in [0.15, 0.2) is 12.4 Å². The molecule has 7 fully saturated rings. The summed E-state index contributed by atoms with van der Waals surface area (Å²) in [6, 6.07) is 10.7. The molecule has 0 bridgehead atoms. The Hall–Kier alpha value is -1.55. The molecule has 0 radical (unpaired) electrons. The van der Waals surface area contributed by atoms with E-state index in [2.05, 4.69) is 69.9 Å². The number of morpholine rings is 1. The summed E-state index contributed by atoms with van der Waals surface area (Å²) in [6.45, 7) is 20.3. The van der Waals surface area contributed by atoms with Crippen LogP contribution in [-0.2, 0) is 30.3 Å². The fourth-order valence-corrected chi connectivity index (χ4v) is 14.5. The van der Waals surface area contributed by atoms with Crippen molar-refractivity contribution < 1.29 is 34.0 Å². The van der Waals surface area contributed by atoms with Gasteiger partial charge in [-0.25, -0.2) is 0 Å². The van der Waals surface area contributed by atoms with Crippen molar-refractivity contribution >= 4 is 5.97 Å². The molecular weight excluding hydrogens is 642 g/mol. The summed E-state index contributed by atoms with van der Waals surface area (Å²) in [5, 5.41) is 23.7. The maximum atomic E-state index is 12.6. The fraction of sp³-hybridized carbons (Fsp3) is 0.837. The van der Waals surface area contributed by atoms with Gasteiger partial charge in [-0.05, 0) is 116 Å². The second-order valence-corrected chi connectivity index (χ2v) is 19.9. The summed E-state index contributed by atoms with van der Waals surface area (Å²) >= 11 is 0. The summed E-state index contributed by atoms with van der Waals surface area (Å²) in [7, 11) is 0. The molecule has 0 aromatic heterocycles. The third kappa shape index (κ3) is 5.30. The molecule has 284 valence electrons. The minimum absolute atomic E-state index is 0.0371. The van der Waals surface area contributed by atoms with Gasteiger partial charge in [0.1, 0.15) is 0 Å². The lowest BCUT2D eigenvalue weighted by atomic mass is 9.41. The van der Waals surface area contributed by atoms with Gasteiger partial charge in [0.2, 0.25) is 0 Å². The predicted octanol–water partition coefficient (Wildman–Crippen LogP) is 6.75. The molecule has 5 saturated carbocycles. The highest BCUT2D eigenvalue weighted by Gasteiger charge is 2.84. The molecule has 0 amide bonds. The number of fused-ring (bicyclic) bond motifs is 4. The van der Waals surface area contributed by atoms with Crippen molar-refractivity contribution in [2.75, 3.05) is 19.7 Å². The number of rotatable bonds is 7. The number of carbonyl (C=O) groups excluding carboxylic acids is 1. The van der Waals surface area contributed by atoms with Crippen molar-refractivity contribution in [3.8, 4) is 0 Å². The molecular formula is C43H65NO7. The number of ether oxygens (including phenoxy) is 4. The van der Waals surface area contributed by atoms with E-state index in [0.29, 0.717) is 30.3 Å². The summed E-state index contributed by atoms with van der Waals surface area (Å²) in [6.07, 6.45) is 6.66. The van der Waals surface area contributed by atoms with Crippen LogP contribution in [0.25, 0.3) is 0 Å². The summed E-state index contributed by atoms with van der Waals surface area (Å²) in [5.41, 5.74) is 0.341. The van der Waals surface area contributed by atoms with Gasteiger partial charge in [0.25, 0.3) is 0 Å². The number of benzene rings is 1. The smallest absolute Gasteiger partial charge is 0.303 e. The Morgan fingerprint density at radius 2 is 1.75 bits per heavy atom. The molecule has 14 atom stereocenters. The van der Waals surface area contributed by atoms with Gasteiger partial charge in [0.05, 0.1) is 36.6 Å². The molecule has 5 aliphatic carbocycles. The fourth-order valence-electron chi connectivity index (χ4n) is 14.5. The average molecular weight is 708 g/mol. The highest BCUT2D eigenvalue weighted by atomic mass is 16.7. The van der Waals surface area contributed by atoms with Crippen molar-refractivity contribution in [2.45, 2.75) is 156 Å². The zero-order chi connectivity index (χ0) is 36.4. The molecule has 4 unspecified atom stereocenters. The van der Waals surface area contributed by atoms with Crippen LogP contribution < -0.4 is 0 Å². The average Bonchev–Trinajstić information content (AvgIpc) is 3.70. The van der Waals surface area contributed by atoms with Crippen molar-refractivity contribution in [1.82, 2.24) is 4.90 Å². The summed E-state index contributed by atoms with van der Waals surface area (Å²) in [4.78, 5) is 14.6. The second-order valence-electron chi connectivity index (χ2n) is 19.9. The van der Waals surface area contributed by atoms with Gasteiger partial charge in [-0.1, -0.05) is 65.0 Å². The number of esters is 1. The van der Waals surface area contributed by atoms with E-state index in [9.17, 15) is 15.0 Å². The molecule has 2 aliphatic heterocycles. The lowest BCUT2D eigenvalue weighted by molar-refractivity contribution is -0.249. The summed E-state index contributed by atoms with van der Waals surface area (Å²) < 4.78 is 25.8. The highest BCUT2D eigenvalue weighted by molar-refractivity contribution is 5.66. The number of nitrogens with zero attached hydrogens (tertiary/aromatic N) is 1. The van der Waals surface area contributed by atoms with Gasteiger partial charge < -0.3 is 29.2 Å². The first-order valence-corrected chi connectivity index (χ1v) is 20.2. The molecule has 1 aromatic carbocycles. The number of hydrogen-bond donors (Lipinski definition) is 2. The van der Waals surface area contributed by atoms with E-state index in [-0.39, 0.29) is 52.0 Å². The van der Waals surface area contributed by atoms with Crippen LogP contribution >= 0.6 is 0 Å². The van der Waals surface area contributed by atoms with Crippen LogP contribution in [0.1, 0.15) is 112 Å². The molecule has 2 heterocycles. The first-order valence-electron chi connectivity index (χ1n) is 20.2. The molecule has 8 nitrogen and oxygen atoms in total. The molecule has 8 heteroatoms. The number of aliphatic hydroxyl groups excluding tert-OH is 1. The van der Waals surface area contributed by atoms with Gasteiger partial charge in [-0.2, -0.15) is 0 Å². The first-order chi connectivity index (χ1) is 24.0. The van der Waals surface area contributed by atoms with Crippen molar-refractivity contribution in [3.63, 3.8) is 0 Å². The molecule has 7 aliphatic rings. The van der Waals surface area contributed by atoms with Gasteiger partial charge in [0, 0.05) is 32.0 Å². The van der Waals surface area contributed by atoms with E-state index >= 15 is 0 Å². The monoisotopic (exact) mass is 707 g/mol. The molecule has 2 spiro atoms. The van der Waals surface area contributed by atoms with Crippen molar-refractivity contribution in [2.24, 2.45) is 50.7 Å². The van der Waals surface area contributed by atoms with Gasteiger partial charge in [-0.15, -0.1) is 0 Å². The Labute approximate surface area is 306 Å². The van der Waals surface area contributed by atoms with Gasteiger partial charge in [-0.3, -0.25) is 9.69 Å². The predicted molar refractivity (Wildman–Crippen MR) is 194 cm³/mol. The number of carbonyl (C=O) groups is 1. The third-order valence-electron chi connectivity index (χ3n) is 16.8. The van der Waals surface area contributed by atoms with Crippen molar-refractivity contribution in [3.05, 3.63) is 35.9 Å². The zero-order valence-corrected chi connectivity index (χ0v) is 32.5. The Bertz CT molecular complexity index is 1480. The zero-order valence-electron chi connectivity index (χ0n) is 32.5. The van der Waals surface area contributed by atoms with E-state index < -0.39 is 29.9 Å². The van der Waals surface area contributed by atoms with Crippen LogP contribution in [0.5, 0.6) is 0 Å². The molecule has 2 N–H and O–H groups in total. The molecule has 2 saturated heterocycles. The van der Waals surface area contributed by atoms with E-state index in [4.69, 9.17) is 18.9 Å². The van der Waals surface area contributed by atoms with E-state index in [1.165, 1.54) is 38.2 Å². The lowest BCUT2D eigenvalue weighted by Gasteiger charge is -2.64. The highest BCUT2D eigenvalue weighted by Crippen LogP contribution is 2.89. The maximum Gasteiger partial charge on any atom is 0.303 e. The number of aliphatic hydroxyl groups is 2. The Balaban J connectivity index is 1.00. The Morgan fingerprint density at radius 3 is 2.45 bits per heavy atom. The van der Waals surface area contributed by atoms with E-state index in [1.807, 2.05) is 0 Å². The molecule has 1 aromatic rings. The van der Waals surface area contributed by atoms with Crippen LogP contribution in [0.3, 0.4) is 0 Å². The van der Waals surface area contributed by atoms with Crippen LogP contribution in [0.4, 0.5) is 0 Å².